The predicted molar refractivity (Wildman–Crippen MR) is 53.4 cm³/mol. The lowest BCUT2D eigenvalue weighted by Gasteiger charge is -2.02. The number of amides is 1. The van der Waals surface area contributed by atoms with E-state index in [1.54, 1.807) is 29.8 Å². The Balaban J connectivity index is 2.61. The fraction of sp³-hybridized carbons (Fsp3) is 0.111. The molecule has 2 aromatic rings. The third-order valence-electron chi connectivity index (χ3n) is 2.08. The summed E-state index contributed by atoms with van der Waals surface area (Å²) in [5, 5.41) is 0. The minimum Gasteiger partial charge on any atom is -0.495 e. The first-order valence-corrected chi connectivity index (χ1v) is 4.28. The van der Waals surface area contributed by atoms with Crippen molar-refractivity contribution in [2.24, 2.45) is 5.84 Å². The number of nitrogen functional groups attached to an aromatic ring is 1. The SMILES string of the molecule is COc1ccc2ncc(C(=O)NN)n2c1. The Morgan fingerprint density at radius 3 is 3.07 bits per heavy atom. The van der Waals surface area contributed by atoms with Crippen LogP contribution in [-0.2, 0) is 0 Å². The monoisotopic (exact) mass is 206 g/mol. The number of imidazole rings is 1. The Kier molecular flexibility index (Phi) is 2.26. The van der Waals surface area contributed by atoms with Gasteiger partial charge < -0.3 is 4.74 Å². The lowest BCUT2D eigenvalue weighted by molar-refractivity contribution is 0.0948. The van der Waals surface area contributed by atoms with Crippen molar-refractivity contribution < 1.29 is 9.53 Å². The Morgan fingerprint density at radius 2 is 2.40 bits per heavy atom. The summed E-state index contributed by atoms with van der Waals surface area (Å²) in [6.07, 6.45) is 3.13. The van der Waals surface area contributed by atoms with Gasteiger partial charge in [-0.25, -0.2) is 10.8 Å². The molecule has 2 heterocycles. The van der Waals surface area contributed by atoms with Crippen LogP contribution >= 0.6 is 0 Å². The maximum atomic E-state index is 11.4. The van der Waals surface area contributed by atoms with Gasteiger partial charge >= 0.3 is 0 Å². The lowest BCUT2D eigenvalue weighted by atomic mass is 10.4. The number of carbonyl (C=O) groups excluding carboxylic acids is 1. The zero-order valence-corrected chi connectivity index (χ0v) is 8.10. The molecule has 1 amide bonds. The van der Waals surface area contributed by atoms with Crippen LogP contribution < -0.4 is 16.0 Å². The van der Waals surface area contributed by atoms with Crippen LogP contribution in [0.25, 0.3) is 5.65 Å². The van der Waals surface area contributed by atoms with E-state index in [0.29, 0.717) is 17.1 Å². The Hall–Kier alpha value is -2.08. The average Bonchev–Trinajstić information content (AvgIpc) is 2.70. The topological polar surface area (TPSA) is 81.6 Å². The molecule has 0 saturated carbocycles. The molecule has 3 N–H and O–H groups in total. The highest BCUT2D eigenvalue weighted by molar-refractivity contribution is 5.92. The summed E-state index contributed by atoms with van der Waals surface area (Å²) in [4.78, 5) is 15.4. The van der Waals surface area contributed by atoms with Crippen molar-refractivity contribution >= 4 is 11.6 Å². The van der Waals surface area contributed by atoms with Gasteiger partial charge in [0.1, 0.15) is 17.1 Å². The standard InChI is InChI=1S/C9H10N4O2/c1-15-6-2-3-8-11-4-7(9(14)12-10)13(8)5-6/h2-5H,10H2,1H3,(H,12,14). The van der Waals surface area contributed by atoms with Crippen LogP contribution in [0.3, 0.4) is 0 Å². The van der Waals surface area contributed by atoms with Crippen LogP contribution in [-0.4, -0.2) is 22.4 Å². The molecule has 0 bridgehead atoms. The average molecular weight is 206 g/mol. The molecule has 0 spiro atoms. The van der Waals surface area contributed by atoms with E-state index in [9.17, 15) is 4.79 Å². The minimum absolute atomic E-state index is 0.367. The van der Waals surface area contributed by atoms with E-state index in [2.05, 4.69) is 10.4 Å². The normalized spacial score (nSPS) is 10.3. The molecule has 0 fully saturated rings. The second-order valence-electron chi connectivity index (χ2n) is 2.91. The number of aromatic nitrogens is 2. The largest absolute Gasteiger partial charge is 0.495 e. The summed E-state index contributed by atoms with van der Waals surface area (Å²) >= 11 is 0. The number of pyridine rings is 1. The Morgan fingerprint density at radius 1 is 1.60 bits per heavy atom. The van der Waals surface area contributed by atoms with Gasteiger partial charge in [0, 0.05) is 0 Å². The first kappa shape index (κ1) is 9.47. The number of nitrogens with zero attached hydrogens (tertiary/aromatic N) is 2. The third kappa shape index (κ3) is 1.50. The van der Waals surface area contributed by atoms with Crippen molar-refractivity contribution in [2.45, 2.75) is 0 Å². The summed E-state index contributed by atoms with van der Waals surface area (Å²) in [6, 6.07) is 3.53. The first-order valence-electron chi connectivity index (χ1n) is 4.28. The molecule has 2 rings (SSSR count). The molecule has 0 saturated heterocycles. The smallest absolute Gasteiger partial charge is 0.283 e. The summed E-state index contributed by atoms with van der Waals surface area (Å²) < 4.78 is 6.66. The molecule has 6 nitrogen and oxygen atoms in total. The van der Waals surface area contributed by atoms with Crippen LogP contribution in [0, 0.1) is 0 Å². The maximum absolute atomic E-state index is 11.4. The number of hydrogen-bond acceptors (Lipinski definition) is 4. The van der Waals surface area contributed by atoms with Crippen LogP contribution in [0.2, 0.25) is 0 Å². The van der Waals surface area contributed by atoms with Crippen molar-refractivity contribution in [2.75, 3.05) is 7.11 Å². The van der Waals surface area contributed by atoms with Gasteiger partial charge in [0.05, 0.1) is 19.5 Å². The van der Waals surface area contributed by atoms with E-state index in [-0.39, 0.29) is 0 Å². The highest BCUT2D eigenvalue weighted by atomic mass is 16.5. The molecule has 0 aliphatic heterocycles. The molecule has 0 atom stereocenters. The van der Waals surface area contributed by atoms with Gasteiger partial charge in [-0.2, -0.15) is 0 Å². The second kappa shape index (κ2) is 3.58. The predicted octanol–water partition coefficient (Wildman–Crippen LogP) is -0.0536. The van der Waals surface area contributed by atoms with Crippen molar-refractivity contribution in [3.63, 3.8) is 0 Å². The second-order valence-corrected chi connectivity index (χ2v) is 2.91. The summed E-state index contributed by atoms with van der Waals surface area (Å²) in [6.45, 7) is 0. The van der Waals surface area contributed by atoms with Gasteiger partial charge in [-0.1, -0.05) is 0 Å². The summed E-state index contributed by atoms with van der Waals surface area (Å²) in [5.41, 5.74) is 3.08. The number of hydrazine groups is 1. The van der Waals surface area contributed by atoms with Crippen molar-refractivity contribution in [1.29, 1.82) is 0 Å². The zero-order valence-electron chi connectivity index (χ0n) is 8.10. The van der Waals surface area contributed by atoms with Crippen LogP contribution in [0.5, 0.6) is 5.75 Å². The minimum atomic E-state index is -0.393. The fourth-order valence-corrected chi connectivity index (χ4v) is 1.32. The molecule has 0 aliphatic carbocycles. The van der Waals surface area contributed by atoms with Crippen molar-refractivity contribution in [3.05, 3.63) is 30.2 Å². The van der Waals surface area contributed by atoms with Crippen molar-refractivity contribution in [1.82, 2.24) is 14.8 Å². The number of ether oxygens (including phenoxy) is 1. The molecular formula is C9H10N4O2. The molecule has 0 aliphatic rings. The summed E-state index contributed by atoms with van der Waals surface area (Å²) in [5.74, 6) is 5.31. The highest BCUT2D eigenvalue weighted by Gasteiger charge is 2.10. The Labute approximate surface area is 85.6 Å². The maximum Gasteiger partial charge on any atom is 0.283 e. The van der Waals surface area contributed by atoms with Crippen LogP contribution in [0.1, 0.15) is 10.5 Å². The number of nitrogens with two attached hydrogens (primary N) is 1. The fourth-order valence-electron chi connectivity index (χ4n) is 1.32. The summed E-state index contributed by atoms with van der Waals surface area (Å²) in [7, 11) is 1.56. The van der Waals surface area contributed by atoms with Gasteiger partial charge in [0.15, 0.2) is 0 Å². The first-order chi connectivity index (χ1) is 7.26. The van der Waals surface area contributed by atoms with E-state index < -0.39 is 5.91 Å². The molecule has 0 radical (unpaired) electrons. The number of nitrogens with one attached hydrogen (secondary N) is 1. The van der Waals surface area contributed by atoms with Crippen LogP contribution in [0.4, 0.5) is 0 Å². The number of carbonyl (C=O) groups is 1. The van der Waals surface area contributed by atoms with E-state index in [1.165, 1.54) is 6.20 Å². The molecule has 6 heteroatoms. The molecular weight excluding hydrogens is 196 g/mol. The number of fused-ring (bicyclic) bond motifs is 1. The Bertz CT molecular complexity index is 506. The quantitative estimate of drug-likeness (QED) is 0.410. The van der Waals surface area contributed by atoms with Crippen molar-refractivity contribution in [3.8, 4) is 5.75 Å². The van der Waals surface area contributed by atoms with Gasteiger partial charge in [-0.3, -0.25) is 14.6 Å². The zero-order chi connectivity index (χ0) is 10.8. The van der Waals surface area contributed by atoms with Gasteiger partial charge in [-0.15, -0.1) is 0 Å². The molecule has 15 heavy (non-hydrogen) atoms. The molecule has 78 valence electrons. The van der Waals surface area contributed by atoms with E-state index in [1.807, 2.05) is 0 Å². The number of rotatable bonds is 2. The molecule has 0 aromatic carbocycles. The van der Waals surface area contributed by atoms with E-state index in [4.69, 9.17) is 10.6 Å². The van der Waals surface area contributed by atoms with Gasteiger partial charge in [0.2, 0.25) is 0 Å². The van der Waals surface area contributed by atoms with E-state index in [0.717, 1.165) is 0 Å². The van der Waals surface area contributed by atoms with Gasteiger partial charge in [-0.05, 0) is 12.1 Å². The number of hydrogen-bond donors (Lipinski definition) is 2. The molecule has 2 aromatic heterocycles. The van der Waals surface area contributed by atoms with Crippen LogP contribution in [0.15, 0.2) is 24.5 Å². The van der Waals surface area contributed by atoms with E-state index >= 15 is 0 Å². The lowest BCUT2D eigenvalue weighted by Crippen LogP contribution is -2.30. The number of methoxy groups -OCH3 is 1. The molecule has 0 unspecified atom stereocenters. The highest BCUT2D eigenvalue weighted by Crippen LogP contribution is 2.14. The third-order valence-corrected chi connectivity index (χ3v) is 2.08. The van der Waals surface area contributed by atoms with Gasteiger partial charge in [0.25, 0.3) is 5.91 Å².